The number of carbonyl (C=O) groups is 1. The molecule has 0 spiro atoms. The average Bonchev–Trinajstić information content (AvgIpc) is 2.55. The van der Waals surface area contributed by atoms with E-state index in [1.54, 1.807) is 25.3 Å². The Kier molecular flexibility index (Phi) is 5.37. The fraction of sp³-hybridized carbons (Fsp3) is 0.125. The number of benzene rings is 1. The van der Waals surface area contributed by atoms with E-state index in [0.717, 1.165) is 16.9 Å². The molecule has 2 rings (SSSR count). The standard InChI is InChI=1S/C16H16N4O2S/c1-10-9-12(15(21)22)6-7-13(10)18-16(23)20-19-11(2)14-5-3-4-8-17-14/h3-9H,1-2H3,(H,21,22)(H2,18,20,23). The van der Waals surface area contributed by atoms with Crippen LogP contribution in [0.4, 0.5) is 5.69 Å². The van der Waals surface area contributed by atoms with Gasteiger partial charge in [-0.15, -0.1) is 0 Å². The molecule has 1 aromatic heterocycles. The van der Waals surface area contributed by atoms with Crippen molar-refractivity contribution < 1.29 is 9.90 Å². The number of hydrogen-bond donors (Lipinski definition) is 3. The highest BCUT2D eigenvalue weighted by Gasteiger charge is 2.06. The van der Waals surface area contributed by atoms with E-state index in [1.165, 1.54) is 6.07 Å². The Balaban J connectivity index is 2.01. The smallest absolute Gasteiger partial charge is 0.335 e. The maximum absolute atomic E-state index is 10.9. The second-order valence-electron chi connectivity index (χ2n) is 4.81. The van der Waals surface area contributed by atoms with Crippen molar-refractivity contribution in [3.63, 3.8) is 0 Å². The van der Waals surface area contributed by atoms with Crippen molar-refractivity contribution in [2.75, 3.05) is 5.32 Å². The third-order valence-electron chi connectivity index (χ3n) is 3.08. The van der Waals surface area contributed by atoms with Gasteiger partial charge in [-0.2, -0.15) is 5.10 Å². The number of anilines is 1. The summed E-state index contributed by atoms with van der Waals surface area (Å²) >= 11 is 5.18. The molecule has 0 saturated heterocycles. The molecule has 0 atom stereocenters. The Morgan fingerprint density at radius 1 is 1.30 bits per heavy atom. The molecule has 0 amide bonds. The van der Waals surface area contributed by atoms with Crippen LogP contribution in [0.5, 0.6) is 0 Å². The van der Waals surface area contributed by atoms with Crippen LogP contribution in [0.1, 0.15) is 28.5 Å². The van der Waals surface area contributed by atoms with Gasteiger partial charge in [-0.1, -0.05) is 6.07 Å². The minimum Gasteiger partial charge on any atom is -0.478 e. The van der Waals surface area contributed by atoms with Crippen LogP contribution in [-0.4, -0.2) is 26.9 Å². The molecule has 0 aliphatic carbocycles. The molecule has 0 fully saturated rings. The lowest BCUT2D eigenvalue weighted by molar-refractivity contribution is 0.0697. The second kappa shape index (κ2) is 7.46. The van der Waals surface area contributed by atoms with Crippen LogP contribution in [0.2, 0.25) is 0 Å². The molecule has 0 radical (unpaired) electrons. The van der Waals surface area contributed by atoms with E-state index in [2.05, 4.69) is 20.8 Å². The van der Waals surface area contributed by atoms with Crippen LogP contribution in [0, 0.1) is 6.92 Å². The topological polar surface area (TPSA) is 86.6 Å². The van der Waals surface area contributed by atoms with E-state index in [1.807, 2.05) is 25.1 Å². The van der Waals surface area contributed by atoms with Crippen LogP contribution in [0.15, 0.2) is 47.7 Å². The van der Waals surface area contributed by atoms with Crippen molar-refractivity contribution in [2.45, 2.75) is 13.8 Å². The molecule has 118 valence electrons. The minimum absolute atomic E-state index is 0.232. The molecule has 0 bridgehead atoms. The lowest BCUT2D eigenvalue weighted by atomic mass is 10.1. The monoisotopic (exact) mass is 328 g/mol. The fourth-order valence-electron chi connectivity index (χ4n) is 1.86. The van der Waals surface area contributed by atoms with E-state index in [-0.39, 0.29) is 5.56 Å². The van der Waals surface area contributed by atoms with Gasteiger partial charge >= 0.3 is 5.97 Å². The summed E-state index contributed by atoms with van der Waals surface area (Å²) in [6, 6.07) is 10.3. The van der Waals surface area contributed by atoms with Crippen molar-refractivity contribution in [1.82, 2.24) is 10.4 Å². The summed E-state index contributed by atoms with van der Waals surface area (Å²) in [5.41, 5.74) is 5.93. The van der Waals surface area contributed by atoms with Crippen LogP contribution in [-0.2, 0) is 0 Å². The van der Waals surface area contributed by atoms with Gasteiger partial charge in [-0.3, -0.25) is 10.4 Å². The van der Waals surface area contributed by atoms with E-state index in [4.69, 9.17) is 17.3 Å². The van der Waals surface area contributed by atoms with Gasteiger partial charge < -0.3 is 10.4 Å². The van der Waals surface area contributed by atoms with Crippen LogP contribution < -0.4 is 10.7 Å². The van der Waals surface area contributed by atoms with Gasteiger partial charge in [-0.25, -0.2) is 4.79 Å². The number of pyridine rings is 1. The Hall–Kier alpha value is -2.80. The summed E-state index contributed by atoms with van der Waals surface area (Å²) in [7, 11) is 0. The molecule has 2 aromatic rings. The van der Waals surface area contributed by atoms with E-state index in [0.29, 0.717) is 10.8 Å². The number of aryl methyl sites for hydroxylation is 1. The molecule has 6 nitrogen and oxygen atoms in total. The summed E-state index contributed by atoms with van der Waals surface area (Å²) in [5, 5.41) is 16.4. The average molecular weight is 328 g/mol. The molecular formula is C16H16N4O2S. The van der Waals surface area contributed by atoms with Crippen molar-refractivity contribution in [3.05, 3.63) is 59.4 Å². The third-order valence-corrected chi connectivity index (χ3v) is 3.28. The molecular weight excluding hydrogens is 312 g/mol. The second-order valence-corrected chi connectivity index (χ2v) is 5.22. The van der Waals surface area contributed by atoms with Crippen molar-refractivity contribution in [3.8, 4) is 0 Å². The highest BCUT2D eigenvalue weighted by molar-refractivity contribution is 7.80. The minimum atomic E-state index is -0.962. The normalized spacial score (nSPS) is 11.0. The summed E-state index contributed by atoms with van der Waals surface area (Å²) in [4.78, 5) is 15.1. The number of hydrazone groups is 1. The Morgan fingerprint density at radius 3 is 2.70 bits per heavy atom. The van der Waals surface area contributed by atoms with Gasteiger partial charge in [-0.05, 0) is 62.0 Å². The Morgan fingerprint density at radius 2 is 2.09 bits per heavy atom. The molecule has 0 saturated carbocycles. The first kappa shape index (κ1) is 16.6. The molecule has 0 unspecified atom stereocenters. The van der Waals surface area contributed by atoms with E-state index < -0.39 is 5.97 Å². The molecule has 0 aliphatic heterocycles. The maximum Gasteiger partial charge on any atom is 0.335 e. The zero-order chi connectivity index (χ0) is 16.8. The highest BCUT2D eigenvalue weighted by Crippen LogP contribution is 2.16. The highest BCUT2D eigenvalue weighted by atomic mass is 32.1. The lowest BCUT2D eigenvalue weighted by Gasteiger charge is -2.11. The fourth-order valence-corrected chi connectivity index (χ4v) is 2.01. The number of aromatic nitrogens is 1. The van der Waals surface area contributed by atoms with Gasteiger partial charge in [0.1, 0.15) is 0 Å². The van der Waals surface area contributed by atoms with E-state index >= 15 is 0 Å². The number of nitrogens with one attached hydrogen (secondary N) is 2. The Labute approximate surface area is 139 Å². The predicted octanol–water partition coefficient (Wildman–Crippen LogP) is 2.80. The number of carboxylic acid groups (broad SMARTS) is 1. The maximum atomic E-state index is 10.9. The molecule has 1 heterocycles. The molecule has 0 aliphatic rings. The van der Waals surface area contributed by atoms with Gasteiger partial charge in [0.05, 0.1) is 17.0 Å². The van der Waals surface area contributed by atoms with Crippen molar-refractivity contribution >= 4 is 34.7 Å². The number of thiocarbonyl (C=S) groups is 1. The van der Waals surface area contributed by atoms with E-state index in [9.17, 15) is 4.79 Å². The van der Waals surface area contributed by atoms with Crippen LogP contribution >= 0.6 is 12.2 Å². The first-order valence-corrected chi connectivity index (χ1v) is 7.25. The number of aromatic carboxylic acids is 1. The first-order chi connectivity index (χ1) is 11.0. The third kappa shape index (κ3) is 4.58. The number of carboxylic acids is 1. The number of nitrogens with zero attached hydrogens (tertiary/aromatic N) is 2. The number of hydrogen-bond acceptors (Lipinski definition) is 4. The van der Waals surface area contributed by atoms with Crippen LogP contribution in [0.25, 0.3) is 0 Å². The van der Waals surface area contributed by atoms with Gasteiger partial charge in [0.2, 0.25) is 0 Å². The zero-order valence-corrected chi connectivity index (χ0v) is 13.5. The zero-order valence-electron chi connectivity index (χ0n) is 12.7. The van der Waals surface area contributed by atoms with Gasteiger partial charge in [0.25, 0.3) is 0 Å². The summed E-state index contributed by atoms with van der Waals surface area (Å²) in [6.45, 7) is 3.63. The van der Waals surface area contributed by atoms with Gasteiger partial charge in [0.15, 0.2) is 5.11 Å². The van der Waals surface area contributed by atoms with Crippen molar-refractivity contribution in [2.24, 2.45) is 5.10 Å². The predicted molar refractivity (Wildman–Crippen MR) is 93.9 cm³/mol. The first-order valence-electron chi connectivity index (χ1n) is 6.84. The molecule has 23 heavy (non-hydrogen) atoms. The Bertz CT molecular complexity index is 760. The lowest BCUT2D eigenvalue weighted by Crippen LogP contribution is -2.25. The largest absolute Gasteiger partial charge is 0.478 e. The SMILES string of the molecule is CC(=NNC(=S)Nc1ccc(C(=O)O)cc1C)c1ccccn1. The summed E-state index contributed by atoms with van der Waals surface area (Å²) in [5.74, 6) is -0.962. The number of rotatable bonds is 4. The van der Waals surface area contributed by atoms with Crippen LogP contribution in [0.3, 0.4) is 0 Å². The van der Waals surface area contributed by atoms with Gasteiger partial charge in [0, 0.05) is 11.9 Å². The molecule has 1 aromatic carbocycles. The molecule has 3 N–H and O–H groups in total. The van der Waals surface area contributed by atoms with Crippen molar-refractivity contribution in [1.29, 1.82) is 0 Å². The summed E-state index contributed by atoms with van der Waals surface area (Å²) < 4.78 is 0. The quantitative estimate of drug-likeness (QED) is 0.454. The summed E-state index contributed by atoms with van der Waals surface area (Å²) in [6.07, 6.45) is 1.69. The molecule has 7 heteroatoms.